The van der Waals surface area contributed by atoms with Crippen molar-refractivity contribution < 1.29 is 55.8 Å². The lowest BCUT2D eigenvalue weighted by Crippen LogP contribution is -2.54. The fourth-order valence-electron chi connectivity index (χ4n) is 6.28. The number of anilines is 3. The van der Waals surface area contributed by atoms with Crippen LogP contribution in [0.1, 0.15) is 73.8 Å². The first-order chi connectivity index (χ1) is 28.8. The molecule has 22 heteroatoms. The summed E-state index contributed by atoms with van der Waals surface area (Å²) in [6.45, 7) is 1.12. The van der Waals surface area contributed by atoms with Crippen molar-refractivity contribution in [2.45, 2.75) is 44.3 Å². The van der Waals surface area contributed by atoms with Gasteiger partial charge in [-0.05, 0) is 49.9 Å². The number of carbonyl (C=O) groups excluding carboxylic acids is 6. The summed E-state index contributed by atoms with van der Waals surface area (Å²) in [5, 5.41) is 17.0. The van der Waals surface area contributed by atoms with Crippen molar-refractivity contribution in [3.63, 3.8) is 0 Å². The number of hydrogen-bond donors (Lipinski definition) is 5. The third kappa shape index (κ3) is 10.9. The first-order valence-electron chi connectivity index (χ1n) is 18.9. The smallest absolute Gasteiger partial charge is 0.405 e. The van der Waals surface area contributed by atoms with Gasteiger partial charge in [0.15, 0.2) is 11.4 Å². The third-order valence-corrected chi connectivity index (χ3v) is 9.08. The van der Waals surface area contributed by atoms with Crippen molar-refractivity contribution in [2.75, 3.05) is 62.0 Å². The lowest BCUT2D eigenvalue weighted by molar-refractivity contribution is -0.136. The molecule has 1 unspecified atom stereocenters. The molecule has 2 aliphatic heterocycles. The minimum atomic E-state index is -4.44. The molecule has 6 rings (SSSR count). The fraction of sp³-hybridized carbons (Fsp3) is 0.395. The average molecular weight is 839 g/mol. The molecule has 5 N–H and O–H groups in total. The highest BCUT2D eigenvalue weighted by Gasteiger charge is 2.45. The topological polar surface area (TPSA) is 241 Å². The molecule has 5 heterocycles. The molecule has 19 nitrogen and oxygen atoms in total. The maximum absolute atomic E-state index is 13.2. The number of carbonyl (C=O) groups is 6. The summed E-state index contributed by atoms with van der Waals surface area (Å²) in [5.41, 5.74) is 1.09. The second-order valence-electron chi connectivity index (χ2n) is 13.6. The van der Waals surface area contributed by atoms with Gasteiger partial charge < -0.3 is 35.2 Å². The molecular weight excluding hydrogens is 797 g/mol. The zero-order chi connectivity index (χ0) is 42.8. The number of pyridine rings is 1. The molecule has 1 fully saturated rings. The Balaban J connectivity index is 0.836. The fourth-order valence-corrected chi connectivity index (χ4v) is 6.28. The van der Waals surface area contributed by atoms with E-state index in [1.54, 1.807) is 19.2 Å². The zero-order valence-electron chi connectivity index (χ0n) is 32.2. The van der Waals surface area contributed by atoms with Crippen molar-refractivity contribution in [2.24, 2.45) is 7.05 Å². The second-order valence-corrected chi connectivity index (χ2v) is 13.6. The Morgan fingerprint density at radius 1 is 0.950 bits per heavy atom. The van der Waals surface area contributed by atoms with Crippen LogP contribution in [0.25, 0.3) is 11.5 Å². The Morgan fingerprint density at radius 3 is 2.45 bits per heavy atom. The summed E-state index contributed by atoms with van der Waals surface area (Å²) in [6, 6.07) is 6.59. The van der Waals surface area contributed by atoms with Crippen LogP contribution in [0.4, 0.5) is 30.4 Å². The van der Waals surface area contributed by atoms with Gasteiger partial charge in [-0.15, -0.1) is 0 Å². The molecule has 60 heavy (non-hydrogen) atoms. The highest BCUT2D eigenvalue weighted by molar-refractivity contribution is 6.25. The number of fused-ring (bicyclic) bond motifs is 1. The van der Waals surface area contributed by atoms with Crippen LogP contribution >= 0.6 is 0 Å². The van der Waals surface area contributed by atoms with E-state index < -0.39 is 54.2 Å². The van der Waals surface area contributed by atoms with Gasteiger partial charge in [-0.2, -0.15) is 18.3 Å². The lowest BCUT2D eigenvalue weighted by atomic mass is 10.0. The number of nitrogens with one attached hydrogen (secondary N) is 5. The maximum Gasteiger partial charge on any atom is 0.405 e. The van der Waals surface area contributed by atoms with Gasteiger partial charge in [0.25, 0.3) is 23.6 Å². The molecule has 1 aromatic carbocycles. The maximum atomic E-state index is 13.2. The van der Waals surface area contributed by atoms with Gasteiger partial charge >= 0.3 is 6.18 Å². The SMILES string of the molecule is Cn1cc(NC(=O)c2coc(-c3ccnc(NCC(F)(F)F)c3)n2)c(C(=O)NCCCOCCCOCCCNc2cccc3c2C(=O)N(C2CCC(=O)NC2=O)C3=O)n1. The molecule has 318 valence electrons. The van der Waals surface area contributed by atoms with E-state index in [4.69, 9.17) is 13.9 Å². The Hall–Kier alpha value is -6.68. The molecule has 0 aliphatic carbocycles. The largest absolute Gasteiger partial charge is 0.444 e. The summed E-state index contributed by atoms with van der Waals surface area (Å²) in [6.07, 6.45) is 1.20. The molecule has 3 aromatic heterocycles. The number of oxazole rings is 1. The van der Waals surface area contributed by atoms with Crippen LogP contribution in [0.15, 0.2) is 53.4 Å². The molecule has 0 spiro atoms. The van der Waals surface area contributed by atoms with E-state index in [1.165, 1.54) is 35.3 Å². The van der Waals surface area contributed by atoms with E-state index in [0.29, 0.717) is 57.9 Å². The third-order valence-electron chi connectivity index (χ3n) is 9.08. The number of ether oxygens (including phenoxy) is 2. The zero-order valence-corrected chi connectivity index (χ0v) is 32.2. The standard InChI is InChI=1S/C38H41F3N10O9/c1-50-19-25(46-32(53)26-20-60-35(47-26)22-10-13-43-28(18-22)45-21-38(39,40)41)31(49-50)34(55)44-12-4-15-59-17-5-16-58-14-3-11-42-24-7-2-6-23-30(24)37(57)51(36(23)56)27-8-9-29(52)48-33(27)54/h2,6-7,10,13,18-20,27,42H,3-5,8-9,11-12,14-17,21H2,1H3,(H,43,45)(H,44,55)(H,46,53)(H,48,52,54). The van der Waals surface area contributed by atoms with Crippen LogP contribution in [0.5, 0.6) is 0 Å². The highest BCUT2D eigenvalue weighted by Crippen LogP contribution is 2.32. The molecule has 1 saturated heterocycles. The molecule has 6 amide bonds. The van der Waals surface area contributed by atoms with E-state index in [2.05, 4.69) is 41.7 Å². The van der Waals surface area contributed by atoms with E-state index >= 15 is 0 Å². The van der Waals surface area contributed by atoms with Gasteiger partial charge in [0.05, 0.1) is 16.8 Å². The van der Waals surface area contributed by atoms with Crippen LogP contribution < -0.4 is 26.6 Å². The quantitative estimate of drug-likeness (QED) is 0.0635. The monoisotopic (exact) mass is 838 g/mol. The number of amides is 6. The number of alkyl halides is 3. The molecule has 0 radical (unpaired) electrons. The summed E-state index contributed by atoms with van der Waals surface area (Å²) < 4.78 is 55.7. The Morgan fingerprint density at radius 2 is 1.70 bits per heavy atom. The number of nitrogens with zero attached hydrogens (tertiary/aromatic N) is 5. The summed E-state index contributed by atoms with van der Waals surface area (Å²) >= 11 is 0. The van der Waals surface area contributed by atoms with E-state index in [1.807, 2.05) is 0 Å². The van der Waals surface area contributed by atoms with Gasteiger partial charge in [-0.3, -0.25) is 43.7 Å². The number of aryl methyl sites for hydroxylation is 1. The van der Waals surface area contributed by atoms with Gasteiger partial charge in [0.2, 0.25) is 17.7 Å². The number of rotatable bonds is 20. The van der Waals surface area contributed by atoms with E-state index in [0.717, 1.165) is 11.2 Å². The lowest BCUT2D eigenvalue weighted by Gasteiger charge is -2.27. The summed E-state index contributed by atoms with van der Waals surface area (Å²) in [4.78, 5) is 84.8. The summed E-state index contributed by atoms with van der Waals surface area (Å²) in [5.74, 6) is -3.58. The van der Waals surface area contributed by atoms with Crippen molar-refractivity contribution >= 4 is 52.6 Å². The average Bonchev–Trinajstić information content (AvgIpc) is 3.92. The Bertz CT molecular complexity index is 2240. The van der Waals surface area contributed by atoms with Crippen molar-refractivity contribution in [1.29, 1.82) is 0 Å². The first kappa shape index (κ1) is 42.9. The molecule has 1 atom stereocenters. The van der Waals surface area contributed by atoms with Crippen LogP contribution in [0.3, 0.4) is 0 Å². The minimum absolute atomic E-state index is 0.0299. The second kappa shape index (κ2) is 19.4. The number of halogens is 3. The summed E-state index contributed by atoms with van der Waals surface area (Å²) in [7, 11) is 1.58. The van der Waals surface area contributed by atoms with E-state index in [-0.39, 0.29) is 64.9 Å². The predicted molar refractivity (Wildman–Crippen MR) is 205 cm³/mol. The van der Waals surface area contributed by atoms with Crippen LogP contribution in [-0.4, -0.2) is 118 Å². The van der Waals surface area contributed by atoms with Gasteiger partial charge in [-0.25, -0.2) is 9.97 Å². The van der Waals surface area contributed by atoms with Gasteiger partial charge in [0, 0.05) is 76.6 Å². The molecule has 2 aliphatic rings. The van der Waals surface area contributed by atoms with Crippen molar-refractivity contribution in [1.82, 2.24) is 35.3 Å². The van der Waals surface area contributed by atoms with Crippen LogP contribution in [-0.2, 0) is 26.1 Å². The number of imide groups is 2. The molecule has 0 bridgehead atoms. The Kier molecular flexibility index (Phi) is 13.9. The number of benzene rings is 1. The number of piperidine rings is 1. The van der Waals surface area contributed by atoms with Gasteiger partial charge in [-0.1, -0.05) is 6.07 Å². The number of aromatic nitrogens is 4. The van der Waals surface area contributed by atoms with Crippen molar-refractivity contribution in [3.05, 3.63) is 71.5 Å². The number of hydrogen-bond acceptors (Lipinski definition) is 14. The predicted octanol–water partition coefficient (Wildman–Crippen LogP) is 3.14. The van der Waals surface area contributed by atoms with Gasteiger partial charge in [0.1, 0.15) is 24.7 Å². The highest BCUT2D eigenvalue weighted by atomic mass is 19.4. The van der Waals surface area contributed by atoms with Crippen molar-refractivity contribution in [3.8, 4) is 11.5 Å². The van der Waals surface area contributed by atoms with Crippen LogP contribution in [0.2, 0.25) is 0 Å². The molecule has 4 aromatic rings. The minimum Gasteiger partial charge on any atom is -0.444 e. The van der Waals surface area contributed by atoms with Crippen LogP contribution in [0, 0.1) is 0 Å². The molecular formula is C38H41F3N10O9. The Labute approximate surface area is 339 Å². The van der Waals surface area contributed by atoms with E-state index in [9.17, 15) is 41.9 Å². The first-order valence-corrected chi connectivity index (χ1v) is 18.9. The molecule has 0 saturated carbocycles. The normalized spacial score (nSPS) is 15.2.